The number of aromatic nitrogens is 1. The van der Waals surface area contributed by atoms with Crippen molar-refractivity contribution in [2.24, 2.45) is 4.99 Å². The molecule has 5 nitrogen and oxygen atoms in total. The summed E-state index contributed by atoms with van der Waals surface area (Å²) < 4.78 is 40.9. The van der Waals surface area contributed by atoms with Gasteiger partial charge in [0, 0.05) is 37.4 Å². The largest absolute Gasteiger partial charge is 0.468 e. The first-order valence-electron chi connectivity index (χ1n) is 7.70. The van der Waals surface area contributed by atoms with Gasteiger partial charge in [0.15, 0.2) is 12.6 Å². The second kappa shape index (κ2) is 9.28. The first-order valence-corrected chi connectivity index (χ1v) is 8.07. The van der Waals surface area contributed by atoms with Crippen LogP contribution in [0.25, 0.3) is 0 Å². The van der Waals surface area contributed by atoms with Crippen molar-refractivity contribution < 1.29 is 17.9 Å². The van der Waals surface area contributed by atoms with E-state index in [9.17, 15) is 13.2 Å². The molecule has 0 spiro atoms. The van der Waals surface area contributed by atoms with Crippen LogP contribution in [0.4, 0.5) is 13.2 Å². The summed E-state index contributed by atoms with van der Waals surface area (Å²) >= 11 is 6.10. The van der Waals surface area contributed by atoms with Crippen LogP contribution in [-0.2, 0) is 13.1 Å². The predicted octanol–water partition coefficient (Wildman–Crippen LogP) is 3.54. The molecule has 0 fully saturated rings. The summed E-state index contributed by atoms with van der Waals surface area (Å²) in [6.07, 6.45) is -2.94. The average Bonchev–Trinajstić information content (AvgIpc) is 2.62. The molecule has 0 aliphatic carbocycles. The molecule has 2 rings (SSSR count). The van der Waals surface area contributed by atoms with Crippen molar-refractivity contribution >= 4 is 17.6 Å². The number of benzene rings is 1. The van der Waals surface area contributed by atoms with Crippen molar-refractivity contribution in [2.75, 3.05) is 13.7 Å². The zero-order valence-electron chi connectivity index (χ0n) is 14.0. The summed E-state index contributed by atoms with van der Waals surface area (Å²) in [4.78, 5) is 7.95. The lowest BCUT2D eigenvalue weighted by molar-refractivity contribution is -0.154. The molecule has 1 aromatic heterocycles. The highest BCUT2D eigenvalue weighted by Gasteiger charge is 2.28. The van der Waals surface area contributed by atoms with Gasteiger partial charge < -0.3 is 15.4 Å². The highest BCUT2D eigenvalue weighted by molar-refractivity contribution is 6.31. The van der Waals surface area contributed by atoms with Gasteiger partial charge in [-0.3, -0.25) is 4.99 Å². The molecule has 0 aliphatic heterocycles. The Morgan fingerprint density at radius 1 is 1.15 bits per heavy atom. The Bertz CT molecular complexity index is 736. The number of rotatable bonds is 6. The van der Waals surface area contributed by atoms with Crippen LogP contribution in [0.3, 0.4) is 0 Å². The van der Waals surface area contributed by atoms with Gasteiger partial charge in [-0.2, -0.15) is 13.2 Å². The lowest BCUT2D eigenvalue weighted by Crippen LogP contribution is -2.36. The number of halogens is 4. The van der Waals surface area contributed by atoms with Crippen molar-refractivity contribution in [1.82, 2.24) is 15.6 Å². The van der Waals surface area contributed by atoms with Crippen LogP contribution in [-0.4, -0.2) is 30.8 Å². The Kier molecular flexibility index (Phi) is 7.08. The van der Waals surface area contributed by atoms with Gasteiger partial charge in [-0.05, 0) is 17.2 Å². The van der Waals surface area contributed by atoms with E-state index in [2.05, 4.69) is 25.3 Å². The Labute approximate surface area is 154 Å². The van der Waals surface area contributed by atoms with Gasteiger partial charge in [0.1, 0.15) is 0 Å². The highest BCUT2D eigenvalue weighted by Crippen LogP contribution is 2.17. The lowest BCUT2D eigenvalue weighted by atomic mass is 10.2. The third-order valence-electron chi connectivity index (χ3n) is 3.27. The summed E-state index contributed by atoms with van der Waals surface area (Å²) in [7, 11) is 1.63. The maximum absolute atomic E-state index is 12.1. The lowest BCUT2D eigenvalue weighted by Gasteiger charge is -2.13. The molecule has 0 bridgehead atoms. The summed E-state index contributed by atoms with van der Waals surface area (Å²) in [6, 6.07) is 10.5. The molecule has 0 radical (unpaired) electrons. The van der Waals surface area contributed by atoms with Crippen molar-refractivity contribution in [3.63, 3.8) is 0 Å². The van der Waals surface area contributed by atoms with Gasteiger partial charge in [0.05, 0.1) is 0 Å². The van der Waals surface area contributed by atoms with Gasteiger partial charge in [-0.25, -0.2) is 4.98 Å². The molecule has 9 heteroatoms. The normalized spacial score (nSPS) is 12.0. The van der Waals surface area contributed by atoms with E-state index in [-0.39, 0.29) is 5.88 Å². The number of hydrogen-bond donors (Lipinski definition) is 2. The average molecular weight is 387 g/mol. The van der Waals surface area contributed by atoms with Crippen molar-refractivity contribution in [1.29, 1.82) is 0 Å². The third kappa shape index (κ3) is 6.79. The molecule has 1 heterocycles. The van der Waals surface area contributed by atoms with E-state index in [1.165, 1.54) is 12.3 Å². The number of nitrogens with zero attached hydrogens (tertiary/aromatic N) is 2. The Balaban J connectivity index is 1.82. The monoisotopic (exact) mass is 386 g/mol. The maximum Gasteiger partial charge on any atom is 0.422 e. The second-order valence-corrected chi connectivity index (χ2v) is 5.69. The molecule has 140 valence electrons. The smallest absolute Gasteiger partial charge is 0.422 e. The number of hydrogen-bond acceptors (Lipinski definition) is 3. The summed E-state index contributed by atoms with van der Waals surface area (Å²) in [5.41, 5.74) is 1.70. The van der Waals surface area contributed by atoms with Crippen molar-refractivity contribution in [3.05, 3.63) is 58.7 Å². The molecule has 0 saturated carbocycles. The van der Waals surface area contributed by atoms with Crippen LogP contribution < -0.4 is 15.4 Å². The molecule has 0 unspecified atom stereocenters. The zero-order valence-corrected chi connectivity index (χ0v) is 14.7. The number of pyridine rings is 1. The van der Waals surface area contributed by atoms with E-state index < -0.39 is 12.8 Å². The molecule has 0 aliphatic rings. The van der Waals surface area contributed by atoms with Gasteiger partial charge in [-0.15, -0.1) is 0 Å². The zero-order chi connectivity index (χ0) is 19.0. The highest BCUT2D eigenvalue weighted by atomic mass is 35.5. The van der Waals surface area contributed by atoms with Gasteiger partial charge in [0.25, 0.3) is 0 Å². The molecule has 0 saturated heterocycles. The van der Waals surface area contributed by atoms with E-state index >= 15 is 0 Å². The van der Waals surface area contributed by atoms with E-state index in [4.69, 9.17) is 11.6 Å². The Morgan fingerprint density at radius 3 is 2.50 bits per heavy atom. The van der Waals surface area contributed by atoms with Crippen LogP contribution >= 0.6 is 11.6 Å². The van der Waals surface area contributed by atoms with E-state index in [1.807, 2.05) is 24.3 Å². The number of alkyl halides is 3. The first-order chi connectivity index (χ1) is 12.4. The Morgan fingerprint density at radius 2 is 1.88 bits per heavy atom. The fraction of sp³-hybridized carbons (Fsp3) is 0.294. The SMILES string of the molecule is CN=C(NCc1ccc(OCC(F)(F)F)nc1)NCc1ccccc1Cl. The van der Waals surface area contributed by atoms with Crippen LogP contribution in [0.5, 0.6) is 5.88 Å². The quantitative estimate of drug-likeness (QED) is 0.589. The Hall–Kier alpha value is -2.48. The minimum absolute atomic E-state index is 0.0766. The number of aliphatic imine (C=N–C) groups is 1. The van der Waals surface area contributed by atoms with Crippen LogP contribution in [0.15, 0.2) is 47.6 Å². The van der Waals surface area contributed by atoms with Gasteiger partial charge in [0.2, 0.25) is 5.88 Å². The molecule has 2 N–H and O–H groups in total. The van der Waals surface area contributed by atoms with E-state index in [0.29, 0.717) is 24.1 Å². The third-order valence-corrected chi connectivity index (χ3v) is 3.64. The molecule has 0 amide bonds. The summed E-state index contributed by atoms with van der Waals surface area (Å²) in [5, 5.41) is 6.88. The molecule has 0 atom stereocenters. The summed E-state index contributed by atoms with van der Waals surface area (Å²) in [6.45, 7) is -0.466. The minimum atomic E-state index is -4.39. The fourth-order valence-corrected chi connectivity index (χ4v) is 2.19. The number of guanidine groups is 1. The molecular weight excluding hydrogens is 369 g/mol. The van der Waals surface area contributed by atoms with Gasteiger partial charge in [-0.1, -0.05) is 35.9 Å². The predicted molar refractivity (Wildman–Crippen MR) is 94.3 cm³/mol. The molecule has 26 heavy (non-hydrogen) atoms. The van der Waals surface area contributed by atoms with E-state index in [1.54, 1.807) is 13.1 Å². The van der Waals surface area contributed by atoms with Crippen LogP contribution in [0.1, 0.15) is 11.1 Å². The number of nitrogens with one attached hydrogen (secondary N) is 2. The van der Waals surface area contributed by atoms with Crippen LogP contribution in [0.2, 0.25) is 5.02 Å². The summed E-state index contributed by atoms with van der Waals surface area (Å²) in [5.74, 6) is 0.481. The minimum Gasteiger partial charge on any atom is -0.468 e. The van der Waals surface area contributed by atoms with Crippen LogP contribution in [0, 0.1) is 0 Å². The van der Waals surface area contributed by atoms with Gasteiger partial charge >= 0.3 is 6.18 Å². The fourth-order valence-electron chi connectivity index (χ4n) is 1.98. The second-order valence-electron chi connectivity index (χ2n) is 5.28. The molecule has 2 aromatic rings. The molecular formula is C17H18ClF3N4O. The van der Waals surface area contributed by atoms with Crippen molar-refractivity contribution in [3.8, 4) is 5.88 Å². The number of ether oxygens (including phenoxy) is 1. The topological polar surface area (TPSA) is 58.5 Å². The molecule has 1 aromatic carbocycles. The van der Waals surface area contributed by atoms with Crippen molar-refractivity contribution in [2.45, 2.75) is 19.3 Å². The van der Waals surface area contributed by atoms with E-state index in [0.717, 1.165) is 11.1 Å². The first kappa shape index (κ1) is 19.8. The standard InChI is InChI=1S/C17H18ClF3N4O/c1-22-16(25-10-13-4-2-3-5-14(13)18)24-9-12-6-7-15(23-8-12)26-11-17(19,20)21/h2-8H,9-11H2,1H3,(H2,22,24,25). The maximum atomic E-state index is 12.1.